The minimum absolute atomic E-state index is 0.142. The smallest absolute Gasteiger partial charge is 0.194 e. The van der Waals surface area contributed by atoms with Gasteiger partial charge in [-0.15, -0.1) is 0 Å². The summed E-state index contributed by atoms with van der Waals surface area (Å²) < 4.78 is 5.93. The van der Waals surface area contributed by atoms with Gasteiger partial charge in [0.15, 0.2) is 11.6 Å². The topological polar surface area (TPSA) is 59.2 Å². The number of hydrogen-bond acceptors (Lipinski definition) is 3. The molecule has 4 heteroatoms. The molecule has 0 radical (unpaired) electrons. The SMILES string of the molecule is O=C1C=C(c2c[nH]c3ccc(OCc4ccccc4)cc23)C(=O)c2ccccc21. The standard InChI is InChI=1S/C25H17NO3/c27-24-13-21(25(28)19-9-5-4-8-18(19)24)22-14-26-23-11-10-17(12-20(22)23)29-15-16-6-2-1-3-7-16/h1-14,26H,15H2. The van der Waals surface area contributed by atoms with Crippen molar-refractivity contribution in [3.8, 4) is 5.75 Å². The largest absolute Gasteiger partial charge is 0.489 e. The van der Waals surface area contributed by atoms with Crippen LogP contribution in [0.15, 0.2) is 85.1 Å². The highest BCUT2D eigenvalue weighted by atomic mass is 16.5. The minimum Gasteiger partial charge on any atom is -0.489 e. The Hall–Kier alpha value is -3.92. The van der Waals surface area contributed by atoms with Gasteiger partial charge >= 0.3 is 0 Å². The molecular formula is C25H17NO3. The summed E-state index contributed by atoms with van der Waals surface area (Å²) in [5.41, 5.74) is 3.97. The van der Waals surface area contributed by atoms with E-state index in [1.807, 2.05) is 48.5 Å². The maximum absolute atomic E-state index is 13.0. The number of carbonyl (C=O) groups excluding carboxylic acids is 2. The molecule has 3 aromatic carbocycles. The van der Waals surface area contributed by atoms with E-state index in [0.29, 0.717) is 34.6 Å². The third-order valence-electron chi connectivity index (χ3n) is 5.15. The van der Waals surface area contributed by atoms with Gasteiger partial charge in [-0.05, 0) is 29.8 Å². The van der Waals surface area contributed by atoms with E-state index in [1.165, 1.54) is 6.08 Å². The fourth-order valence-electron chi connectivity index (χ4n) is 3.67. The summed E-state index contributed by atoms with van der Waals surface area (Å²) in [4.78, 5) is 28.8. The number of allylic oxidation sites excluding steroid dienone is 2. The van der Waals surface area contributed by atoms with Crippen molar-refractivity contribution in [3.05, 3.63) is 107 Å². The monoisotopic (exact) mass is 379 g/mol. The molecule has 0 fully saturated rings. The highest BCUT2D eigenvalue weighted by Crippen LogP contribution is 2.33. The Kier molecular flexibility index (Phi) is 4.10. The second-order valence-electron chi connectivity index (χ2n) is 6.98. The first-order chi connectivity index (χ1) is 14.2. The predicted octanol–water partition coefficient (Wildman–Crippen LogP) is 5.21. The summed E-state index contributed by atoms with van der Waals surface area (Å²) in [5.74, 6) is 0.413. The van der Waals surface area contributed by atoms with E-state index >= 15 is 0 Å². The van der Waals surface area contributed by atoms with Crippen LogP contribution in [0.25, 0.3) is 16.5 Å². The number of benzene rings is 3. The molecule has 4 nitrogen and oxygen atoms in total. The van der Waals surface area contributed by atoms with E-state index in [9.17, 15) is 9.59 Å². The van der Waals surface area contributed by atoms with E-state index < -0.39 is 0 Å². The summed E-state index contributed by atoms with van der Waals surface area (Å²) in [6.45, 7) is 0.458. The number of carbonyl (C=O) groups is 2. The molecule has 0 bridgehead atoms. The van der Waals surface area contributed by atoms with Crippen molar-refractivity contribution in [2.45, 2.75) is 6.61 Å². The van der Waals surface area contributed by atoms with Gasteiger partial charge in [0.1, 0.15) is 12.4 Å². The summed E-state index contributed by atoms with van der Waals surface area (Å²) in [6.07, 6.45) is 3.21. The lowest BCUT2D eigenvalue weighted by atomic mass is 9.86. The number of H-pyrrole nitrogens is 1. The first-order valence-electron chi connectivity index (χ1n) is 9.39. The van der Waals surface area contributed by atoms with Crippen molar-refractivity contribution in [1.29, 1.82) is 0 Å². The normalized spacial score (nSPS) is 13.3. The van der Waals surface area contributed by atoms with E-state index in [4.69, 9.17) is 4.74 Å². The molecule has 0 aliphatic heterocycles. The van der Waals surface area contributed by atoms with Gasteiger partial charge in [0.25, 0.3) is 0 Å². The van der Waals surface area contributed by atoms with Crippen LogP contribution in [0.4, 0.5) is 0 Å². The molecule has 0 amide bonds. The first-order valence-corrected chi connectivity index (χ1v) is 9.39. The molecule has 1 N–H and O–H groups in total. The second kappa shape index (κ2) is 6.91. The van der Waals surface area contributed by atoms with Crippen LogP contribution in [0.3, 0.4) is 0 Å². The van der Waals surface area contributed by atoms with Gasteiger partial charge in [0.05, 0.1) is 0 Å². The molecule has 1 aliphatic rings. The lowest BCUT2D eigenvalue weighted by Gasteiger charge is -2.14. The van der Waals surface area contributed by atoms with E-state index in [2.05, 4.69) is 4.98 Å². The Morgan fingerprint density at radius 1 is 0.793 bits per heavy atom. The Balaban J connectivity index is 1.51. The summed E-state index contributed by atoms with van der Waals surface area (Å²) in [5, 5.41) is 0.849. The van der Waals surface area contributed by atoms with Gasteiger partial charge in [0.2, 0.25) is 0 Å². The zero-order chi connectivity index (χ0) is 19.8. The molecule has 0 saturated heterocycles. The molecule has 0 atom stereocenters. The van der Waals surface area contributed by atoms with Gasteiger partial charge in [-0.25, -0.2) is 0 Å². The molecule has 29 heavy (non-hydrogen) atoms. The minimum atomic E-state index is -0.152. The Bertz CT molecular complexity index is 1280. The van der Waals surface area contributed by atoms with Crippen molar-refractivity contribution in [1.82, 2.24) is 4.98 Å². The van der Waals surface area contributed by atoms with Crippen LogP contribution in [0, 0.1) is 0 Å². The maximum atomic E-state index is 13.0. The molecule has 1 aromatic heterocycles. The van der Waals surface area contributed by atoms with Crippen LogP contribution in [-0.4, -0.2) is 16.6 Å². The van der Waals surface area contributed by atoms with E-state index in [1.54, 1.807) is 30.5 Å². The molecule has 0 saturated carbocycles. The average Bonchev–Trinajstić information content (AvgIpc) is 3.19. The van der Waals surface area contributed by atoms with Gasteiger partial charge in [-0.2, -0.15) is 0 Å². The van der Waals surface area contributed by atoms with Crippen molar-refractivity contribution < 1.29 is 14.3 Å². The third-order valence-corrected chi connectivity index (χ3v) is 5.15. The van der Waals surface area contributed by atoms with Crippen LogP contribution in [0.2, 0.25) is 0 Å². The lowest BCUT2D eigenvalue weighted by Crippen LogP contribution is -2.15. The lowest BCUT2D eigenvalue weighted by molar-refractivity contribution is 0.100. The second-order valence-corrected chi connectivity index (χ2v) is 6.98. The number of fused-ring (bicyclic) bond motifs is 2. The fourth-order valence-corrected chi connectivity index (χ4v) is 3.67. The van der Waals surface area contributed by atoms with Gasteiger partial charge < -0.3 is 9.72 Å². The number of aromatic amines is 1. The molecule has 140 valence electrons. The van der Waals surface area contributed by atoms with Crippen LogP contribution in [0.1, 0.15) is 31.8 Å². The number of nitrogens with one attached hydrogen (secondary N) is 1. The Labute approximate surface area is 167 Å². The number of ketones is 2. The molecule has 0 unspecified atom stereocenters. The fraction of sp³-hybridized carbons (Fsp3) is 0.0400. The van der Waals surface area contributed by atoms with Crippen molar-refractivity contribution in [3.63, 3.8) is 0 Å². The van der Waals surface area contributed by atoms with Crippen LogP contribution in [0.5, 0.6) is 5.75 Å². The number of rotatable bonds is 4. The number of hydrogen-bond donors (Lipinski definition) is 1. The summed E-state index contributed by atoms with van der Waals surface area (Å²) in [7, 11) is 0. The number of ether oxygens (including phenoxy) is 1. The van der Waals surface area contributed by atoms with Crippen LogP contribution in [-0.2, 0) is 6.61 Å². The average molecular weight is 379 g/mol. The van der Waals surface area contributed by atoms with Crippen LogP contribution < -0.4 is 4.74 Å². The summed E-state index contributed by atoms with van der Waals surface area (Å²) in [6, 6.07) is 22.6. The molecule has 5 rings (SSSR count). The third kappa shape index (κ3) is 3.05. The van der Waals surface area contributed by atoms with Gasteiger partial charge in [-0.1, -0.05) is 54.6 Å². The van der Waals surface area contributed by atoms with E-state index in [-0.39, 0.29) is 11.6 Å². The number of aromatic nitrogens is 1. The van der Waals surface area contributed by atoms with Gasteiger partial charge in [0, 0.05) is 39.4 Å². The van der Waals surface area contributed by atoms with Gasteiger partial charge in [-0.3, -0.25) is 9.59 Å². The zero-order valence-electron chi connectivity index (χ0n) is 15.5. The Morgan fingerprint density at radius 2 is 1.55 bits per heavy atom. The van der Waals surface area contributed by atoms with Crippen LogP contribution >= 0.6 is 0 Å². The van der Waals surface area contributed by atoms with E-state index in [0.717, 1.165) is 16.5 Å². The molecular weight excluding hydrogens is 362 g/mol. The van der Waals surface area contributed by atoms with Crippen molar-refractivity contribution in [2.24, 2.45) is 0 Å². The highest BCUT2D eigenvalue weighted by Gasteiger charge is 2.27. The Morgan fingerprint density at radius 3 is 2.38 bits per heavy atom. The summed E-state index contributed by atoms with van der Waals surface area (Å²) >= 11 is 0. The highest BCUT2D eigenvalue weighted by molar-refractivity contribution is 6.39. The van der Waals surface area contributed by atoms with Crippen molar-refractivity contribution >= 4 is 28.0 Å². The maximum Gasteiger partial charge on any atom is 0.194 e. The zero-order valence-corrected chi connectivity index (χ0v) is 15.5. The quantitative estimate of drug-likeness (QED) is 0.529. The molecule has 1 heterocycles. The first kappa shape index (κ1) is 17.2. The van der Waals surface area contributed by atoms with Crippen molar-refractivity contribution in [2.75, 3.05) is 0 Å². The molecule has 4 aromatic rings. The molecule has 1 aliphatic carbocycles. The molecule has 0 spiro atoms. The predicted molar refractivity (Wildman–Crippen MR) is 112 cm³/mol. The number of Topliss-reactive ketones (excluding diaryl/α,β-unsaturated/α-hetero) is 1.